The van der Waals surface area contributed by atoms with Gasteiger partial charge < -0.3 is 4.57 Å². The van der Waals surface area contributed by atoms with Crippen LogP contribution in [0.4, 0.5) is 0 Å². The summed E-state index contributed by atoms with van der Waals surface area (Å²) in [5.41, 5.74) is 14.0. The van der Waals surface area contributed by atoms with Gasteiger partial charge >= 0.3 is 0 Å². The molecule has 0 N–H and O–H groups in total. The lowest BCUT2D eigenvalue weighted by molar-refractivity contribution is 1.18. The molecule has 2 heteroatoms. The lowest BCUT2D eigenvalue weighted by Crippen LogP contribution is -2.49. The third kappa shape index (κ3) is 5.14. The minimum Gasteiger partial charge on any atom is -0.309 e. The highest BCUT2D eigenvalue weighted by Crippen LogP contribution is 2.43. The Bertz CT molecular complexity index is 3660. The van der Waals surface area contributed by atoms with Crippen molar-refractivity contribution in [2.24, 2.45) is 0 Å². The van der Waals surface area contributed by atoms with Crippen LogP contribution in [0.5, 0.6) is 0 Å². The van der Waals surface area contributed by atoms with Crippen LogP contribution in [0.3, 0.4) is 0 Å². The minimum absolute atomic E-state index is 1.22. The van der Waals surface area contributed by atoms with Crippen LogP contribution in [0, 0.1) is 0 Å². The number of fused-ring (bicyclic) bond motifs is 12. The summed E-state index contributed by atoms with van der Waals surface area (Å²) in [5.74, 6) is 0. The van der Waals surface area contributed by atoms with Crippen molar-refractivity contribution in [2.45, 2.75) is 13.1 Å². The highest BCUT2D eigenvalue weighted by Gasteiger charge is 2.38. The van der Waals surface area contributed by atoms with Crippen LogP contribution in [0.2, 0.25) is 13.1 Å². The number of rotatable bonds is 4. The molecule has 1 nitrogen and oxygen atoms in total. The van der Waals surface area contributed by atoms with E-state index < -0.39 is 8.07 Å². The minimum atomic E-state index is -2.04. The van der Waals surface area contributed by atoms with Crippen molar-refractivity contribution in [3.05, 3.63) is 212 Å². The van der Waals surface area contributed by atoms with E-state index in [-0.39, 0.29) is 0 Å². The fraction of sp³-hybridized carbons (Fsp3) is 0.0333. The quantitative estimate of drug-likeness (QED) is 0.123. The molecule has 12 aromatic rings. The van der Waals surface area contributed by atoms with Gasteiger partial charge in [-0.1, -0.05) is 177 Å². The predicted molar refractivity (Wildman–Crippen MR) is 269 cm³/mol. The Hall–Kier alpha value is -7.52. The monoisotopic (exact) mass is 803 g/mol. The van der Waals surface area contributed by atoms with E-state index in [1.54, 1.807) is 0 Å². The molecule has 0 radical (unpaired) electrons. The Morgan fingerprint density at radius 1 is 0.290 bits per heavy atom. The normalized spacial score (nSPS) is 13.1. The smallest absolute Gasteiger partial charge is 0.113 e. The molecule has 1 aliphatic rings. The molecule has 0 spiro atoms. The van der Waals surface area contributed by atoms with Crippen molar-refractivity contribution in [1.29, 1.82) is 0 Å². The SMILES string of the molecule is C[Si]1(C)c2cc(-c3ccccc3)ccc2-c2ccc(-n3c4ccc(-c5cc6ccccc6c6ccccc56)cc4c4cc(-c5cc6ccccc6c6ccccc56)ccc43)cc21. The molecule has 0 unspecified atom stereocenters. The zero-order valence-electron chi connectivity index (χ0n) is 34.7. The predicted octanol–water partition coefficient (Wildman–Crippen LogP) is 15.2. The molecule has 1 aliphatic heterocycles. The Morgan fingerprint density at radius 2 is 0.742 bits per heavy atom. The Labute approximate surface area is 361 Å². The van der Waals surface area contributed by atoms with Crippen LogP contribution in [-0.4, -0.2) is 12.6 Å². The topological polar surface area (TPSA) is 4.93 Å². The molecule has 0 atom stereocenters. The maximum atomic E-state index is 2.53. The Kier molecular flexibility index (Phi) is 7.53. The zero-order valence-corrected chi connectivity index (χ0v) is 35.7. The van der Waals surface area contributed by atoms with Gasteiger partial charge in [0.2, 0.25) is 0 Å². The van der Waals surface area contributed by atoms with Crippen molar-refractivity contribution in [3.63, 3.8) is 0 Å². The summed E-state index contributed by atoms with van der Waals surface area (Å²) in [5, 5.41) is 15.8. The Balaban J connectivity index is 1.05. The first-order chi connectivity index (χ1) is 30.5. The standard InChI is InChI=1S/C60H41NSi/c1-62(2)59-36-39(38-14-4-3-5-15-38)24-28-51(59)52-29-27-44(37-60(52)62)61-57-30-25-42(53-32-40-16-6-8-18-45(40)47-20-10-12-22-49(47)53)34-55(57)56-35-43(26-31-58(56)61)54-33-41-17-7-9-19-46(41)48-21-11-13-23-50(48)54/h3-37H,1-2H3. The van der Waals surface area contributed by atoms with E-state index in [4.69, 9.17) is 0 Å². The van der Waals surface area contributed by atoms with E-state index in [0.717, 1.165) is 0 Å². The van der Waals surface area contributed by atoms with Crippen LogP contribution >= 0.6 is 0 Å². The molecular formula is C60H41NSi. The van der Waals surface area contributed by atoms with Gasteiger partial charge in [-0.2, -0.15) is 0 Å². The highest BCUT2D eigenvalue weighted by atomic mass is 28.3. The molecule has 13 rings (SSSR count). The van der Waals surface area contributed by atoms with E-state index >= 15 is 0 Å². The summed E-state index contributed by atoms with van der Waals surface area (Å²) in [6, 6.07) is 79.7. The number of hydrogen-bond donors (Lipinski definition) is 0. The largest absolute Gasteiger partial charge is 0.309 e. The maximum Gasteiger partial charge on any atom is 0.113 e. The summed E-state index contributed by atoms with van der Waals surface area (Å²) in [4.78, 5) is 0. The van der Waals surface area contributed by atoms with Gasteiger partial charge in [-0.15, -0.1) is 0 Å². The molecule has 2 heterocycles. The van der Waals surface area contributed by atoms with Crippen LogP contribution in [0.25, 0.3) is 115 Å². The zero-order chi connectivity index (χ0) is 41.1. The number of nitrogens with zero attached hydrogens (tertiary/aromatic N) is 1. The molecule has 0 aliphatic carbocycles. The molecule has 11 aromatic carbocycles. The third-order valence-corrected chi connectivity index (χ3v) is 17.5. The van der Waals surface area contributed by atoms with Crippen LogP contribution in [0.1, 0.15) is 0 Å². The van der Waals surface area contributed by atoms with E-state index in [1.165, 1.54) is 125 Å². The first-order valence-electron chi connectivity index (χ1n) is 21.7. The molecule has 0 fully saturated rings. The van der Waals surface area contributed by atoms with Gasteiger partial charge in [-0.25, -0.2) is 0 Å². The van der Waals surface area contributed by atoms with Crippen LogP contribution < -0.4 is 10.4 Å². The summed E-state index contributed by atoms with van der Waals surface area (Å²) in [6.45, 7) is 5.06. The molecule has 0 saturated carbocycles. The molecule has 0 bridgehead atoms. The highest BCUT2D eigenvalue weighted by molar-refractivity contribution is 7.03. The van der Waals surface area contributed by atoms with E-state index in [1.807, 2.05) is 0 Å². The first-order valence-corrected chi connectivity index (χ1v) is 24.7. The number of aromatic nitrogens is 1. The van der Waals surface area contributed by atoms with Gasteiger partial charge in [-0.05, 0) is 147 Å². The molecular weight excluding hydrogens is 763 g/mol. The van der Waals surface area contributed by atoms with Gasteiger partial charge in [0.1, 0.15) is 8.07 Å². The maximum absolute atomic E-state index is 2.53. The van der Waals surface area contributed by atoms with Crippen molar-refractivity contribution >= 4 is 83.3 Å². The van der Waals surface area contributed by atoms with Crippen molar-refractivity contribution in [2.75, 3.05) is 0 Å². The number of benzene rings is 11. The fourth-order valence-corrected chi connectivity index (χ4v) is 14.0. The van der Waals surface area contributed by atoms with Gasteiger partial charge in [0.05, 0.1) is 11.0 Å². The molecule has 290 valence electrons. The first kappa shape index (κ1) is 35.3. The van der Waals surface area contributed by atoms with Crippen molar-refractivity contribution in [1.82, 2.24) is 4.57 Å². The second-order valence-corrected chi connectivity index (χ2v) is 22.0. The average Bonchev–Trinajstić information content (AvgIpc) is 3.77. The van der Waals surface area contributed by atoms with Gasteiger partial charge in [0, 0.05) is 16.5 Å². The van der Waals surface area contributed by atoms with Crippen molar-refractivity contribution in [3.8, 4) is 50.2 Å². The number of hydrogen-bond acceptors (Lipinski definition) is 0. The summed E-state index contributed by atoms with van der Waals surface area (Å²) < 4.78 is 2.53. The van der Waals surface area contributed by atoms with E-state index in [9.17, 15) is 0 Å². The summed E-state index contributed by atoms with van der Waals surface area (Å²) >= 11 is 0. The van der Waals surface area contributed by atoms with E-state index in [2.05, 4.69) is 230 Å². The van der Waals surface area contributed by atoms with E-state index in [0.29, 0.717) is 0 Å². The molecule has 62 heavy (non-hydrogen) atoms. The third-order valence-electron chi connectivity index (χ3n) is 13.9. The van der Waals surface area contributed by atoms with Gasteiger partial charge in [0.15, 0.2) is 0 Å². The fourth-order valence-electron chi connectivity index (χ4n) is 10.9. The lowest BCUT2D eigenvalue weighted by atomic mass is 9.92. The second kappa shape index (κ2) is 13.2. The average molecular weight is 804 g/mol. The van der Waals surface area contributed by atoms with Crippen molar-refractivity contribution < 1.29 is 0 Å². The van der Waals surface area contributed by atoms with Gasteiger partial charge in [-0.3, -0.25) is 0 Å². The summed E-state index contributed by atoms with van der Waals surface area (Å²) in [7, 11) is -2.04. The summed E-state index contributed by atoms with van der Waals surface area (Å²) in [6.07, 6.45) is 0. The molecule has 0 saturated heterocycles. The lowest BCUT2D eigenvalue weighted by Gasteiger charge is -2.20. The Morgan fingerprint density at radius 3 is 1.31 bits per heavy atom. The molecule has 0 amide bonds. The molecule has 1 aromatic heterocycles. The van der Waals surface area contributed by atoms with Gasteiger partial charge in [0.25, 0.3) is 0 Å². The van der Waals surface area contributed by atoms with Crippen LogP contribution in [0.15, 0.2) is 212 Å². The second-order valence-electron chi connectivity index (χ2n) is 17.7. The van der Waals surface area contributed by atoms with Crippen LogP contribution in [-0.2, 0) is 0 Å².